The smallest absolute Gasteiger partial charge is 0.322 e. The van der Waals surface area contributed by atoms with E-state index in [1.165, 1.54) is 11.4 Å². The maximum absolute atomic E-state index is 12.5. The summed E-state index contributed by atoms with van der Waals surface area (Å²) in [5, 5.41) is 9.19. The topological polar surface area (TPSA) is 87.2 Å². The molecule has 7 nitrogen and oxygen atoms in total. The number of hydrogen-bond acceptors (Lipinski definition) is 4. The van der Waals surface area contributed by atoms with E-state index < -0.39 is 22.2 Å². The molecule has 0 spiro atoms. The van der Waals surface area contributed by atoms with Crippen LogP contribution in [-0.4, -0.2) is 67.0 Å². The summed E-state index contributed by atoms with van der Waals surface area (Å²) in [7, 11) is -2.25. The Bertz CT molecular complexity index is 447. The molecule has 2 aliphatic heterocycles. The number of aliphatic carboxylic acids is 1. The molecule has 1 N–H and O–H groups in total. The van der Waals surface area contributed by atoms with Gasteiger partial charge < -0.3 is 9.84 Å². The first-order chi connectivity index (χ1) is 9.43. The number of nitrogens with zero attached hydrogens (tertiary/aromatic N) is 2. The van der Waals surface area contributed by atoms with E-state index >= 15 is 0 Å². The molecule has 2 saturated heterocycles. The SMILES string of the molecule is CN(CC1CCCO1)S(=O)(=O)N1CCCCC1C(=O)O. The first kappa shape index (κ1) is 15.7. The molecule has 116 valence electrons. The van der Waals surface area contributed by atoms with Crippen LogP contribution in [0.3, 0.4) is 0 Å². The van der Waals surface area contributed by atoms with Crippen molar-refractivity contribution in [2.75, 3.05) is 26.7 Å². The molecule has 0 saturated carbocycles. The van der Waals surface area contributed by atoms with E-state index in [-0.39, 0.29) is 19.2 Å². The third kappa shape index (κ3) is 3.30. The van der Waals surface area contributed by atoms with Gasteiger partial charge in [0.25, 0.3) is 10.2 Å². The van der Waals surface area contributed by atoms with Crippen molar-refractivity contribution < 1.29 is 23.1 Å². The van der Waals surface area contributed by atoms with Crippen molar-refractivity contribution in [3.05, 3.63) is 0 Å². The Morgan fingerprint density at radius 2 is 2.10 bits per heavy atom. The van der Waals surface area contributed by atoms with E-state index in [4.69, 9.17) is 4.74 Å². The summed E-state index contributed by atoms with van der Waals surface area (Å²) >= 11 is 0. The van der Waals surface area contributed by atoms with Gasteiger partial charge in [-0.15, -0.1) is 0 Å². The average molecular weight is 306 g/mol. The van der Waals surface area contributed by atoms with Crippen LogP contribution in [0.1, 0.15) is 32.1 Å². The molecule has 2 unspecified atom stereocenters. The van der Waals surface area contributed by atoms with Crippen LogP contribution in [0.2, 0.25) is 0 Å². The highest BCUT2D eigenvalue weighted by molar-refractivity contribution is 7.86. The Kier molecular flexibility index (Phi) is 5.00. The number of rotatable bonds is 5. The standard InChI is InChI=1S/C12H22N2O5S/c1-13(9-10-5-4-8-19-10)20(17,18)14-7-3-2-6-11(14)12(15)16/h10-11H,2-9H2,1H3,(H,15,16). The normalized spacial score (nSPS) is 28.9. The monoisotopic (exact) mass is 306 g/mol. The van der Waals surface area contributed by atoms with Crippen molar-refractivity contribution in [2.45, 2.75) is 44.2 Å². The van der Waals surface area contributed by atoms with Gasteiger partial charge >= 0.3 is 5.97 Å². The molecule has 0 aromatic rings. The largest absolute Gasteiger partial charge is 0.480 e. The number of piperidine rings is 1. The molecule has 2 atom stereocenters. The molecule has 2 aliphatic rings. The second-order valence-electron chi connectivity index (χ2n) is 5.38. The van der Waals surface area contributed by atoms with Crippen molar-refractivity contribution in [3.8, 4) is 0 Å². The zero-order chi connectivity index (χ0) is 14.8. The molecule has 0 bridgehead atoms. The summed E-state index contributed by atoms with van der Waals surface area (Å²) in [6, 6.07) is -0.944. The zero-order valence-corrected chi connectivity index (χ0v) is 12.5. The maximum atomic E-state index is 12.5. The van der Waals surface area contributed by atoms with Crippen LogP contribution in [0.4, 0.5) is 0 Å². The van der Waals surface area contributed by atoms with Crippen LogP contribution in [0.5, 0.6) is 0 Å². The quantitative estimate of drug-likeness (QED) is 0.788. The second-order valence-corrected chi connectivity index (χ2v) is 7.37. The summed E-state index contributed by atoms with van der Waals surface area (Å²) in [6.45, 7) is 1.22. The third-order valence-electron chi connectivity index (χ3n) is 3.91. The van der Waals surface area contributed by atoms with Gasteiger partial charge in [0.1, 0.15) is 6.04 Å². The van der Waals surface area contributed by atoms with Gasteiger partial charge in [-0.25, -0.2) is 0 Å². The lowest BCUT2D eigenvalue weighted by atomic mass is 10.1. The minimum atomic E-state index is -3.74. The highest BCUT2D eigenvalue weighted by atomic mass is 32.2. The highest BCUT2D eigenvalue weighted by Crippen LogP contribution is 2.23. The van der Waals surface area contributed by atoms with E-state index in [2.05, 4.69) is 0 Å². The molecule has 0 amide bonds. The predicted molar refractivity (Wildman–Crippen MR) is 72.5 cm³/mol. The Morgan fingerprint density at radius 1 is 1.35 bits per heavy atom. The average Bonchev–Trinajstić information content (AvgIpc) is 2.91. The minimum Gasteiger partial charge on any atom is -0.480 e. The molecule has 0 radical (unpaired) electrons. The fraction of sp³-hybridized carbons (Fsp3) is 0.917. The van der Waals surface area contributed by atoms with Crippen LogP contribution >= 0.6 is 0 Å². The third-order valence-corrected chi connectivity index (χ3v) is 5.88. The van der Waals surface area contributed by atoms with Gasteiger partial charge in [0.15, 0.2) is 0 Å². The summed E-state index contributed by atoms with van der Waals surface area (Å²) in [4.78, 5) is 11.2. The van der Waals surface area contributed by atoms with Crippen molar-refractivity contribution in [2.24, 2.45) is 0 Å². The number of ether oxygens (including phenoxy) is 1. The van der Waals surface area contributed by atoms with Crippen molar-refractivity contribution in [1.82, 2.24) is 8.61 Å². The molecule has 2 heterocycles. The first-order valence-corrected chi connectivity index (χ1v) is 8.40. The molecule has 0 aromatic heterocycles. The van der Waals surface area contributed by atoms with Gasteiger partial charge in [-0.2, -0.15) is 17.0 Å². The predicted octanol–water partition coefficient (Wildman–Crippen LogP) is 0.281. The fourth-order valence-electron chi connectivity index (χ4n) is 2.78. The Labute approximate surface area is 119 Å². The second kappa shape index (κ2) is 6.38. The van der Waals surface area contributed by atoms with E-state index in [1.54, 1.807) is 0 Å². The Balaban J connectivity index is 2.08. The number of carboxylic acid groups (broad SMARTS) is 1. The van der Waals surface area contributed by atoms with Gasteiger partial charge in [0.2, 0.25) is 0 Å². The molecule has 0 aliphatic carbocycles. The molecule has 8 heteroatoms. The number of likely N-dealkylation sites (N-methyl/N-ethyl adjacent to an activating group) is 1. The van der Waals surface area contributed by atoms with Gasteiger partial charge in [-0.1, -0.05) is 0 Å². The van der Waals surface area contributed by atoms with E-state index in [1.807, 2.05) is 0 Å². The first-order valence-electron chi connectivity index (χ1n) is 7.00. The molecular formula is C12H22N2O5S. The van der Waals surface area contributed by atoms with Gasteiger partial charge in [-0.05, 0) is 32.1 Å². The van der Waals surface area contributed by atoms with Crippen LogP contribution < -0.4 is 0 Å². The van der Waals surface area contributed by atoms with E-state index in [9.17, 15) is 18.3 Å². The molecule has 2 rings (SSSR count). The van der Waals surface area contributed by atoms with Crippen LogP contribution in [0, 0.1) is 0 Å². The maximum Gasteiger partial charge on any atom is 0.322 e. The van der Waals surface area contributed by atoms with E-state index in [0.717, 1.165) is 23.6 Å². The molecule has 2 fully saturated rings. The summed E-state index contributed by atoms with van der Waals surface area (Å²) in [6.07, 6.45) is 3.54. The van der Waals surface area contributed by atoms with Crippen LogP contribution in [0.15, 0.2) is 0 Å². The van der Waals surface area contributed by atoms with Crippen molar-refractivity contribution >= 4 is 16.2 Å². The molecule has 20 heavy (non-hydrogen) atoms. The highest BCUT2D eigenvalue weighted by Gasteiger charge is 2.39. The summed E-state index contributed by atoms with van der Waals surface area (Å²) in [5.74, 6) is -1.07. The lowest BCUT2D eigenvalue weighted by molar-refractivity contribution is -0.142. The number of carboxylic acids is 1. The van der Waals surface area contributed by atoms with Crippen LogP contribution in [-0.2, 0) is 19.7 Å². The number of carbonyl (C=O) groups is 1. The molecule has 0 aromatic carbocycles. The minimum absolute atomic E-state index is 0.0807. The number of hydrogen-bond donors (Lipinski definition) is 1. The van der Waals surface area contributed by atoms with E-state index in [0.29, 0.717) is 19.4 Å². The van der Waals surface area contributed by atoms with Crippen molar-refractivity contribution in [3.63, 3.8) is 0 Å². The Hall–Kier alpha value is -0.700. The summed E-state index contributed by atoms with van der Waals surface area (Å²) < 4.78 is 32.8. The van der Waals surface area contributed by atoms with Gasteiger partial charge in [0.05, 0.1) is 6.10 Å². The lowest BCUT2D eigenvalue weighted by Gasteiger charge is -2.35. The van der Waals surface area contributed by atoms with Crippen LogP contribution in [0.25, 0.3) is 0 Å². The van der Waals surface area contributed by atoms with Gasteiger partial charge in [0, 0.05) is 26.7 Å². The van der Waals surface area contributed by atoms with Gasteiger partial charge in [-0.3, -0.25) is 4.79 Å². The molecular weight excluding hydrogens is 284 g/mol. The zero-order valence-electron chi connectivity index (χ0n) is 11.7. The summed E-state index contributed by atoms with van der Waals surface area (Å²) in [5.41, 5.74) is 0. The Morgan fingerprint density at radius 3 is 2.70 bits per heavy atom. The lowest BCUT2D eigenvalue weighted by Crippen LogP contribution is -2.53. The van der Waals surface area contributed by atoms with Crippen molar-refractivity contribution in [1.29, 1.82) is 0 Å². The fourth-order valence-corrected chi connectivity index (χ4v) is 4.37.